The number of benzene rings is 1. The fraction of sp³-hybridized carbons (Fsp3) is 0.588. The molecule has 4 heteroatoms. The number of likely N-dealkylation sites (N-methyl/N-ethyl adjacent to an activating group) is 1. The van der Waals surface area contributed by atoms with E-state index in [1.807, 2.05) is 7.05 Å². The van der Waals surface area contributed by atoms with Crippen molar-refractivity contribution in [3.63, 3.8) is 0 Å². The third-order valence-corrected chi connectivity index (χ3v) is 4.54. The number of ether oxygens (including phenoxy) is 1. The molecule has 2 atom stereocenters. The quantitative estimate of drug-likeness (QED) is 0.918. The van der Waals surface area contributed by atoms with Gasteiger partial charge in [0.15, 0.2) is 0 Å². The molecule has 3 rings (SSSR count). The zero-order valence-corrected chi connectivity index (χ0v) is 13.0. The van der Waals surface area contributed by atoms with Gasteiger partial charge in [-0.05, 0) is 32.9 Å². The molecule has 1 N–H and O–H groups in total. The highest BCUT2D eigenvalue weighted by molar-refractivity contribution is 5.81. The van der Waals surface area contributed by atoms with Gasteiger partial charge >= 0.3 is 0 Å². The average molecular weight is 287 g/mol. The summed E-state index contributed by atoms with van der Waals surface area (Å²) in [7, 11) is 2.04. The molecule has 0 spiro atoms. The fourth-order valence-electron chi connectivity index (χ4n) is 3.36. The number of fused-ring (bicyclic) bond motifs is 1. The van der Waals surface area contributed by atoms with Crippen LogP contribution in [0.1, 0.15) is 38.3 Å². The van der Waals surface area contributed by atoms with Crippen molar-refractivity contribution in [2.24, 2.45) is 0 Å². The van der Waals surface area contributed by atoms with Crippen LogP contribution in [0.5, 0.6) is 0 Å². The summed E-state index contributed by atoms with van der Waals surface area (Å²) in [6.07, 6.45) is 5.25. The van der Waals surface area contributed by atoms with Crippen LogP contribution in [0.2, 0.25) is 0 Å². The summed E-state index contributed by atoms with van der Waals surface area (Å²) in [6, 6.07) is 8.90. The molecule has 1 aromatic carbocycles. The molecule has 21 heavy (non-hydrogen) atoms. The molecular weight excluding hydrogens is 262 g/mol. The van der Waals surface area contributed by atoms with E-state index >= 15 is 0 Å². The molecule has 2 aromatic rings. The zero-order chi connectivity index (χ0) is 14.7. The second kappa shape index (κ2) is 6.58. The second-order valence-corrected chi connectivity index (χ2v) is 5.81. The molecule has 4 nitrogen and oxygen atoms in total. The Morgan fingerprint density at radius 3 is 2.90 bits per heavy atom. The molecule has 1 heterocycles. The standard InChI is InChI=1S/C17H25N3O/c1-3-20-16-10-6-4-8-13(16)15(19-20)12-21-17-11-7-5-9-14(17)18-2/h4,6,8,10,14,17-18H,3,5,7,9,11-12H2,1-2H3. The monoisotopic (exact) mass is 287 g/mol. The summed E-state index contributed by atoms with van der Waals surface area (Å²) in [6.45, 7) is 3.63. The van der Waals surface area contributed by atoms with Gasteiger partial charge < -0.3 is 10.1 Å². The molecule has 1 saturated carbocycles. The highest BCUT2D eigenvalue weighted by Gasteiger charge is 2.24. The lowest BCUT2D eigenvalue weighted by molar-refractivity contribution is -0.00474. The van der Waals surface area contributed by atoms with E-state index in [0.717, 1.165) is 18.7 Å². The number of nitrogens with zero attached hydrogens (tertiary/aromatic N) is 2. The Morgan fingerprint density at radius 2 is 2.10 bits per heavy atom. The number of hydrogen-bond acceptors (Lipinski definition) is 3. The van der Waals surface area contributed by atoms with E-state index in [0.29, 0.717) is 18.8 Å². The van der Waals surface area contributed by atoms with Gasteiger partial charge in [0.05, 0.1) is 23.9 Å². The Labute approximate surface area is 126 Å². The van der Waals surface area contributed by atoms with Crippen molar-refractivity contribution < 1.29 is 4.74 Å². The maximum atomic E-state index is 6.20. The first-order chi connectivity index (χ1) is 10.3. The highest BCUT2D eigenvalue weighted by atomic mass is 16.5. The third kappa shape index (κ3) is 2.97. The van der Waals surface area contributed by atoms with Crippen molar-refractivity contribution in [2.75, 3.05) is 7.05 Å². The number of hydrogen-bond donors (Lipinski definition) is 1. The molecule has 1 aliphatic rings. The molecule has 1 aliphatic carbocycles. The molecule has 1 aromatic heterocycles. The highest BCUT2D eigenvalue weighted by Crippen LogP contribution is 2.24. The van der Waals surface area contributed by atoms with Crippen molar-refractivity contribution in [1.82, 2.24) is 15.1 Å². The van der Waals surface area contributed by atoms with Crippen LogP contribution in [-0.2, 0) is 17.9 Å². The Morgan fingerprint density at radius 1 is 1.29 bits per heavy atom. The van der Waals surface area contributed by atoms with Gasteiger partial charge in [0.1, 0.15) is 0 Å². The summed E-state index contributed by atoms with van der Waals surface area (Å²) in [4.78, 5) is 0. The molecule has 0 bridgehead atoms. The Bertz CT molecular complexity index is 593. The zero-order valence-electron chi connectivity index (χ0n) is 13.0. The molecule has 0 saturated heterocycles. The molecule has 2 unspecified atom stereocenters. The van der Waals surface area contributed by atoms with Gasteiger partial charge in [0.25, 0.3) is 0 Å². The lowest BCUT2D eigenvalue weighted by Gasteiger charge is -2.31. The van der Waals surface area contributed by atoms with Crippen molar-refractivity contribution >= 4 is 10.9 Å². The normalized spacial score (nSPS) is 22.8. The predicted molar refractivity (Wildman–Crippen MR) is 85.3 cm³/mol. The van der Waals surface area contributed by atoms with Gasteiger partial charge in [-0.2, -0.15) is 5.10 Å². The average Bonchev–Trinajstić information content (AvgIpc) is 2.91. The lowest BCUT2D eigenvalue weighted by Crippen LogP contribution is -2.41. The summed E-state index contributed by atoms with van der Waals surface area (Å²) in [5.74, 6) is 0. The van der Waals surface area contributed by atoms with Gasteiger partial charge in [0.2, 0.25) is 0 Å². The van der Waals surface area contributed by atoms with E-state index in [-0.39, 0.29) is 0 Å². The van der Waals surface area contributed by atoms with Gasteiger partial charge in [-0.25, -0.2) is 0 Å². The van der Waals surface area contributed by atoms with E-state index in [1.165, 1.54) is 30.2 Å². The smallest absolute Gasteiger partial charge is 0.0960 e. The van der Waals surface area contributed by atoms with E-state index in [9.17, 15) is 0 Å². The van der Waals surface area contributed by atoms with Crippen LogP contribution in [0.25, 0.3) is 10.9 Å². The van der Waals surface area contributed by atoms with E-state index in [2.05, 4.69) is 41.2 Å². The van der Waals surface area contributed by atoms with Crippen LogP contribution in [0, 0.1) is 0 Å². The number of aromatic nitrogens is 2. The Kier molecular flexibility index (Phi) is 4.56. The van der Waals surface area contributed by atoms with Gasteiger partial charge in [-0.15, -0.1) is 0 Å². The second-order valence-electron chi connectivity index (χ2n) is 5.81. The van der Waals surface area contributed by atoms with Crippen LogP contribution in [0.4, 0.5) is 0 Å². The Balaban J connectivity index is 1.75. The minimum atomic E-state index is 0.314. The van der Waals surface area contributed by atoms with Crippen molar-refractivity contribution in [2.45, 2.75) is 57.9 Å². The van der Waals surface area contributed by atoms with Gasteiger partial charge in [0, 0.05) is 18.0 Å². The summed E-state index contributed by atoms with van der Waals surface area (Å²) in [5.41, 5.74) is 2.26. The number of aryl methyl sites for hydroxylation is 1. The molecule has 0 radical (unpaired) electrons. The van der Waals surface area contributed by atoms with Crippen LogP contribution in [-0.4, -0.2) is 29.0 Å². The topological polar surface area (TPSA) is 39.1 Å². The first-order valence-corrected chi connectivity index (χ1v) is 8.06. The maximum Gasteiger partial charge on any atom is 0.0960 e. The lowest BCUT2D eigenvalue weighted by atomic mass is 9.92. The fourth-order valence-corrected chi connectivity index (χ4v) is 3.36. The summed E-state index contributed by atoms with van der Waals surface area (Å²) < 4.78 is 8.26. The predicted octanol–water partition coefficient (Wildman–Crippen LogP) is 3.10. The molecule has 0 aliphatic heterocycles. The molecule has 1 fully saturated rings. The maximum absolute atomic E-state index is 6.20. The summed E-state index contributed by atoms with van der Waals surface area (Å²) >= 11 is 0. The minimum Gasteiger partial charge on any atom is -0.370 e. The van der Waals surface area contributed by atoms with E-state index in [4.69, 9.17) is 9.84 Å². The van der Waals surface area contributed by atoms with Crippen LogP contribution >= 0.6 is 0 Å². The first-order valence-electron chi connectivity index (χ1n) is 8.06. The van der Waals surface area contributed by atoms with Crippen LogP contribution < -0.4 is 5.32 Å². The SMILES string of the molecule is CCn1nc(COC2CCCCC2NC)c2ccccc21. The molecule has 0 amide bonds. The molecular formula is C17H25N3O. The minimum absolute atomic E-state index is 0.314. The number of rotatable bonds is 5. The van der Waals surface area contributed by atoms with Crippen LogP contribution in [0.15, 0.2) is 24.3 Å². The van der Waals surface area contributed by atoms with E-state index in [1.54, 1.807) is 0 Å². The van der Waals surface area contributed by atoms with Gasteiger partial charge in [-0.3, -0.25) is 4.68 Å². The largest absolute Gasteiger partial charge is 0.370 e. The Hall–Kier alpha value is -1.39. The van der Waals surface area contributed by atoms with Crippen LogP contribution in [0.3, 0.4) is 0 Å². The summed E-state index contributed by atoms with van der Waals surface area (Å²) in [5, 5.41) is 9.33. The first kappa shape index (κ1) is 14.5. The third-order valence-electron chi connectivity index (χ3n) is 4.54. The molecule has 114 valence electrons. The van der Waals surface area contributed by atoms with Crippen molar-refractivity contribution in [3.05, 3.63) is 30.0 Å². The number of nitrogens with one attached hydrogen (secondary N) is 1. The van der Waals surface area contributed by atoms with Crippen molar-refractivity contribution in [1.29, 1.82) is 0 Å². The van der Waals surface area contributed by atoms with Gasteiger partial charge in [-0.1, -0.05) is 31.0 Å². The van der Waals surface area contributed by atoms with E-state index < -0.39 is 0 Å². The van der Waals surface area contributed by atoms with Crippen molar-refractivity contribution in [3.8, 4) is 0 Å². The number of para-hydroxylation sites is 1.